The fourth-order valence-electron chi connectivity index (χ4n) is 2.33. The average Bonchev–Trinajstić information content (AvgIpc) is 2.39. The van der Waals surface area contributed by atoms with E-state index in [0.717, 1.165) is 0 Å². The van der Waals surface area contributed by atoms with Gasteiger partial charge in [0.15, 0.2) is 0 Å². The van der Waals surface area contributed by atoms with Crippen molar-refractivity contribution in [3.8, 4) is 0 Å². The number of rotatable bonds is 8. The molecule has 0 spiro atoms. The van der Waals surface area contributed by atoms with Crippen molar-refractivity contribution in [1.82, 2.24) is 10.3 Å². The summed E-state index contributed by atoms with van der Waals surface area (Å²) in [5.41, 5.74) is 1.38. The standard InChI is InChI=1S/C15H26N2/c1-4-5-6-7-8-15(16-3)13(2)14-9-11-17-12-10-14/h9-13,15-16H,4-8H2,1-3H3. The van der Waals surface area contributed by atoms with Crippen LogP contribution in [0.4, 0.5) is 0 Å². The molecule has 96 valence electrons. The first-order chi connectivity index (χ1) is 8.29. The molecular weight excluding hydrogens is 208 g/mol. The quantitative estimate of drug-likeness (QED) is 0.693. The van der Waals surface area contributed by atoms with Gasteiger partial charge in [-0.3, -0.25) is 4.98 Å². The third kappa shape index (κ3) is 4.86. The van der Waals surface area contributed by atoms with Crippen molar-refractivity contribution in [3.05, 3.63) is 30.1 Å². The van der Waals surface area contributed by atoms with Gasteiger partial charge in [-0.25, -0.2) is 0 Å². The fraction of sp³-hybridized carbons (Fsp3) is 0.667. The van der Waals surface area contributed by atoms with Gasteiger partial charge in [-0.1, -0.05) is 39.5 Å². The molecule has 0 aliphatic rings. The van der Waals surface area contributed by atoms with Crippen LogP contribution in [0, 0.1) is 0 Å². The van der Waals surface area contributed by atoms with E-state index in [1.54, 1.807) is 0 Å². The number of aromatic nitrogens is 1. The van der Waals surface area contributed by atoms with Crippen LogP contribution in [-0.2, 0) is 0 Å². The Hall–Kier alpha value is -0.890. The maximum Gasteiger partial charge on any atom is 0.0270 e. The minimum atomic E-state index is 0.560. The summed E-state index contributed by atoms with van der Waals surface area (Å²) in [5.74, 6) is 0.560. The lowest BCUT2D eigenvalue weighted by Crippen LogP contribution is -2.30. The first-order valence-electron chi connectivity index (χ1n) is 6.86. The Labute approximate surface area is 106 Å². The zero-order chi connectivity index (χ0) is 12.5. The molecular formula is C15H26N2. The van der Waals surface area contributed by atoms with Crippen LogP contribution in [0.2, 0.25) is 0 Å². The lowest BCUT2D eigenvalue weighted by molar-refractivity contribution is 0.433. The van der Waals surface area contributed by atoms with E-state index in [-0.39, 0.29) is 0 Å². The van der Waals surface area contributed by atoms with E-state index >= 15 is 0 Å². The fourth-order valence-corrected chi connectivity index (χ4v) is 2.33. The highest BCUT2D eigenvalue weighted by molar-refractivity contribution is 5.16. The van der Waals surface area contributed by atoms with Gasteiger partial charge in [0, 0.05) is 18.4 Å². The van der Waals surface area contributed by atoms with Crippen molar-refractivity contribution in [2.45, 2.75) is 57.9 Å². The molecule has 1 aromatic heterocycles. The molecule has 1 aromatic rings. The number of unbranched alkanes of at least 4 members (excludes halogenated alkanes) is 3. The molecule has 2 heteroatoms. The van der Waals surface area contributed by atoms with Gasteiger partial charge in [-0.15, -0.1) is 0 Å². The molecule has 0 saturated heterocycles. The summed E-state index contributed by atoms with van der Waals surface area (Å²) in [4.78, 5) is 4.08. The third-order valence-electron chi connectivity index (χ3n) is 3.57. The second-order valence-corrected chi connectivity index (χ2v) is 4.81. The van der Waals surface area contributed by atoms with Crippen LogP contribution in [-0.4, -0.2) is 18.1 Å². The van der Waals surface area contributed by atoms with Crippen molar-refractivity contribution in [2.75, 3.05) is 7.05 Å². The molecule has 1 rings (SSSR count). The monoisotopic (exact) mass is 234 g/mol. The van der Waals surface area contributed by atoms with E-state index in [4.69, 9.17) is 0 Å². The topological polar surface area (TPSA) is 24.9 Å². The second-order valence-electron chi connectivity index (χ2n) is 4.81. The zero-order valence-corrected chi connectivity index (χ0v) is 11.4. The second kappa shape index (κ2) is 8.24. The molecule has 0 fully saturated rings. The summed E-state index contributed by atoms with van der Waals surface area (Å²) in [6.45, 7) is 4.56. The molecule has 0 amide bonds. The Morgan fingerprint density at radius 1 is 1.18 bits per heavy atom. The molecule has 17 heavy (non-hydrogen) atoms. The smallest absolute Gasteiger partial charge is 0.0270 e. The van der Waals surface area contributed by atoms with E-state index in [0.29, 0.717) is 12.0 Å². The van der Waals surface area contributed by atoms with Gasteiger partial charge in [-0.05, 0) is 37.1 Å². The molecule has 0 aliphatic heterocycles. The van der Waals surface area contributed by atoms with Crippen molar-refractivity contribution < 1.29 is 0 Å². The number of likely N-dealkylation sites (N-methyl/N-ethyl adjacent to an activating group) is 1. The van der Waals surface area contributed by atoms with Crippen LogP contribution in [0.1, 0.15) is 57.4 Å². The van der Waals surface area contributed by atoms with Gasteiger partial charge in [0.05, 0.1) is 0 Å². The van der Waals surface area contributed by atoms with Gasteiger partial charge >= 0.3 is 0 Å². The van der Waals surface area contributed by atoms with Gasteiger partial charge < -0.3 is 5.32 Å². The Balaban J connectivity index is 2.44. The number of nitrogens with zero attached hydrogens (tertiary/aromatic N) is 1. The summed E-state index contributed by atoms with van der Waals surface area (Å²) in [7, 11) is 2.07. The Bertz CT molecular complexity index is 284. The van der Waals surface area contributed by atoms with E-state index in [2.05, 4.69) is 43.3 Å². The molecule has 0 bridgehead atoms. The molecule has 0 radical (unpaired) electrons. The number of pyridine rings is 1. The van der Waals surface area contributed by atoms with Crippen molar-refractivity contribution in [1.29, 1.82) is 0 Å². The van der Waals surface area contributed by atoms with Crippen LogP contribution >= 0.6 is 0 Å². The normalized spacial score (nSPS) is 14.5. The largest absolute Gasteiger partial charge is 0.316 e. The Morgan fingerprint density at radius 2 is 1.88 bits per heavy atom. The predicted molar refractivity (Wildman–Crippen MR) is 74.3 cm³/mol. The third-order valence-corrected chi connectivity index (χ3v) is 3.57. The summed E-state index contributed by atoms with van der Waals surface area (Å²) >= 11 is 0. The van der Waals surface area contributed by atoms with Crippen LogP contribution in [0.25, 0.3) is 0 Å². The number of hydrogen-bond acceptors (Lipinski definition) is 2. The van der Waals surface area contributed by atoms with E-state index < -0.39 is 0 Å². The molecule has 0 aliphatic carbocycles. The van der Waals surface area contributed by atoms with E-state index in [1.165, 1.54) is 37.7 Å². The van der Waals surface area contributed by atoms with Gasteiger partial charge in [-0.2, -0.15) is 0 Å². The van der Waals surface area contributed by atoms with E-state index in [9.17, 15) is 0 Å². The predicted octanol–water partition coefficient (Wildman–Crippen LogP) is 3.74. The number of nitrogens with one attached hydrogen (secondary N) is 1. The van der Waals surface area contributed by atoms with Crippen molar-refractivity contribution in [2.24, 2.45) is 0 Å². The van der Waals surface area contributed by atoms with Crippen molar-refractivity contribution in [3.63, 3.8) is 0 Å². The molecule has 0 aromatic carbocycles. The highest BCUT2D eigenvalue weighted by Crippen LogP contribution is 2.22. The highest BCUT2D eigenvalue weighted by Gasteiger charge is 2.16. The first kappa shape index (κ1) is 14.2. The minimum absolute atomic E-state index is 0.560. The Kier molecular flexibility index (Phi) is 6.87. The van der Waals surface area contributed by atoms with Gasteiger partial charge in [0.2, 0.25) is 0 Å². The van der Waals surface area contributed by atoms with Crippen LogP contribution in [0.15, 0.2) is 24.5 Å². The molecule has 1 N–H and O–H groups in total. The zero-order valence-electron chi connectivity index (χ0n) is 11.4. The molecule has 2 unspecified atom stereocenters. The summed E-state index contributed by atoms with van der Waals surface area (Å²) < 4.78 is 0. The van der Waals surface area contributed by atoms with E-state index in [1.807, 2.05) is 12.4 Å². The maximum absolute atomic E-state index is 4.08. The van der Waals surface area contributed by atoms with Gasteiger partial charge in [0.25, 0.3) is 0 Å². The highest BCUT2D eigenvalue weighted by atomic mass is 14.9. The molecule has 1 heterocycles. The SMILES string of the molecule is CCCCCCC(NC)C(C)c1ccncc1. The van der Waals surface area contributed by atoms with Crippen LogP contribution in [0.5, 0.6) is 0 Å². The summed E-state index contributed by atoms with van der Waals surface area (Å²) in [5, 5.41) is 3.46. The van der Waals surface area contributed by atoms with Crippen molar-refractivity contribution >= 4 is 0 Å². The lowest BCUT2D eigenvalue weighted by Gasteiger charge is -2.24. The minimum Gasteiger partial charge on any atom is -0.316 e. The number of hydrogen-bond donors (Lipinski definition) is 1. The summed E-state index contributed by atoms with van der Waals surface area (Å²) in [6, 6.07) is 4.83. The van der Waals surface area contributed by atoms with Crippen LogP contribution < -0.4 is 5.32 Å². The molecule has 0 saturated carbocycles. The Morgan fingerprint density at radius 3 is 2.47 bits per heavy atom. The maximum atomic E-state index is 4.08. The average molecular weight is 234 g/mol. The molecule has 2 atom stereocenters. The first-order valence-corrected chi connectivity index (χ1v) is 6.86. The summed E-state index contributed by atoms with van der Waals surface area (Å²) in [6.07, 6.45) is 10.4. The van der Waals surface area contributed by atoms with Gasteiger partial charge in [0.1, 0.15) is 0 Å². The molecule has 2 nitrogen and oxygen atoms in total. The lowest BCUT2D eigenvalue weighted by atomic mass is 9.90. The van der Waals surface area contributed by atoms with Crippen LogP contribution in [0.3, 0.4) is 0 Å².